The van der Waals surface area contributed by atoms with Crippen molar-refractivity contribution in [2.75, 3.05) is 6.79 Å². The molecule has 1 amide bonds. The molecule has 0 saturated heterocycles. The Hall–Kier alpha value is -3.56. The first-order valence-electron chi connectivity index (χ1n) is 8.79. The molecular weight excluding hydrogens is 366 g/mol. The van der Waals surface area contributed by atoms with Crippen LogP contribution in [0.4, 0.5) is 0 Å². The van der Waals surface area contributed by atoms with E-state index in [1.165, 1.54) is 6.26 Å². The summed E-state index contributed by atoms with van der Waals surface area (Å²) in [5, 5.41) is 10.7. The SMILES string of the molecule is CCn1cnnc1[C@@H](C)NC(=O)c1coc(COc2ccc3c(c2)OCO3)n1. The summed E-state index contributed by atoms with van der Waals surface area (Å²) in [4.78, 5) is 16.6. The highest BCUT2D eigenvalue weighted by Crippen LogP contribution is 2.35. The Morgan fingerprint density at radius 1 is 1.36 bits per heavy atom. The lowest BCUT2D eigenvalue weighted by atomic mass is 10.3. The van der Waals surface area contributed by atoms with Crippen LogP contribution >= 0.6 is 0 Å². The predicted octanol–water partition coefficient (Wildman–Crippen LogP) is 2.08. The number of aromatic nitrogens is 4. The predicted molar refractivity (Wildman–Crippen MR) is 95.0 cm³/mol. The quantitative estimate of drug-likeness (QED) is 0.658. The molecule has 10 nitrogen and oxygen atoms in total. The van der Waals surface area contributed by atoms with E-state index in [2.05, 4.69) is 20.5 Å². The number of benzene rings is 1. The minimum Gasteiger partial charge on any atom is -0.484 e. The zero-order chi connectivity index (χ0) is 19.5. The number of nitrogens with zero attached hydrogens (tertiary/aromatic N) is 4. The molecule has 0 unspecified atom stereocenters. The van der Waals surface area contributed by atoms with E-state index >= 15 is 0 Å². The fourth-order valence-corrected chi connectivity index (χ4v) is 2.77. The molecule has 2 aromatic heterocycles. The molecule has 3 heterocycles. The number of ether oxygens (including phenoxy) is 3. The first kappa shape index (κ1) is 17.8. The lowest BCUT2D eigenvalue weighted by molar-refractivity contribution is 0.0932. The number of fused-ring (bicyclic) bond motifs is 1. The molecule has 28 heavy (non-hydrogen) atoms. The Morgan fingerprint density at radius 2 is 2.21 bits per heavy atom. The third-order valence-electron chi connectivity index (χ3n) is 4.21. The minimum atomic E-state index is -0.365. The van der Waals surface area contributed by atoms with Gasteiger partial charge in [0.05, 0.1) is 6.04 Å². The van der Waals surface area contributed by atoms with Gasteiger partial charge >= 0.3 is 0 Å². The maximum atomic E-state index is 12.4. The Bertz CT molecular complexity index is 982. The van der Waals surface area contributed by atoms with E-state index in [4.69, 9.17) is 18.6 Å². The average Bonchev–Trinajstić information content (AvgIpc) is 3.45. The number of rotatable bonds is 7. The second kappa shape index (κ2) is 7.59. The minimum absolute atomic E-state index is 0.0760. The van der Waals surface area contributed by atoms with Crippen LogP contribution in [0.3, 0.4) is 0 Å². The molecule has 1 aromatic carbocycles. The molecule has 1 atom stereocenters. The summed E-state index contributed by atoms with van der Waals surface area (Å²) in [6.07, 6.45) is 2.92. The van der Waals surface area contributed by atoms with Crippen LogP contribution in [0.1, 0.15) is 42.1 Å². The number of nitrogens with one attached hydrogen (secondary N) is 1. The molecule has 1 N–H and O–H groups in total. The standard InChI is InChI=1S/C18H19N5O5/c1-3-23-9-19-22-17(23)11(2)20-18(24)13-7-26-16(21-13)8-25-12-4-5-14-15(6-12)28-10-27-14/h4-7,9,11H,3,8,10H2,1-2H3,(H,20,24)/t11-/m1/s1. The van der Waals surface area contributed by atoms with E-state index in [0.717, 1.165) is 0 Å². The van der Waals surface area contributed by atoms with Gasteiger partial charge in [-0.3, -0.25) is 4.79 Å². The van der Waals surface area contributed by atoms with Gasteiger partial charge < -0.3 is 28.5 Å². The third kappa shape index (κ3) is 3.61. The van der Waals surface area contributed by atoms with Crippen LogP contribution in [0.25, 0.3) is 0 Å². The summed E-state index contributed by atoms with van der Waals surface area (Å²) in [6, 6.07) is 4.93. The molecule has 4 rings (SSSR count). The number of amides is 1. The molecule has 0 fully saturated rings. The molecule has 146 valence electrons. The smallest absolute Gasteiger partial charge is 0.273 e. The van der Waals surface area contributed by atoms with Crippen molar-refractivity contribution >= 4 is 5.91 Å². The highest BCUT2D eigenvalue weighted by Gasteiger charge is 2.19. The monoisotopic (exact) mass is 385 g/mol. The molecule has 1 aliphatic rings. The van der Waals surface area contributed by atoms with Crippen molar-refractivity contribution in [3.05, 3.63) is 48.2 Å². The van der Waals surface area contributed by atoms with Crippen LogP contribution in [0, 0.1) is 0 Å². The van der Waals surface area contributed by atoms with Gasteiger partial charge in [-0.05, 0) is 26.0 Å². The van der Waals surface area contributed by atoms with Crippen molar-refractivity contribution in [3.8, 4) is 17.2 Å². The molecule has 1 aliphatic heterocycles. The van der Waals surface area contributed by atoms with E-state index in [-0.39, 0.29) is 36.9 Å². The molecule has 0 radical (unpaired) electrons. The molecule has 0 spiro atoms. The molecule has 0 saturated carbocycles. The van der Waals surface area contributed by atoms with Crippen LogP contribution in [0.2, 0.25) is 0 Å². The zero-order valence-corrected chi connectivity index (χ0v) is 15.4. The molecule has 10 heteroatoms. The van der Waals surface area contributed by atoms with Crippen LogP contribution in [0.5, 0.6) is 17.2 Å². The Kier molecular flexibility index (Phi) is 4.83. The number of carbonyl (C=O) groups excluding carboxylic acids is 1. The van der Waals surface area contributed by atoms with Gasteiger partial charge in [0.2, 0.25) is 12.7 Å². The Morgan fingerprint density at radius 3 is 3.07 bits per heavy atom. The fourth-order valence-electron chi connectivity index (χ4n) is 2.77. The first-order chi connectivity index (χ1) is 13.6. The summed E-state index contributed by atoms with van der Waals surface area (Å²) in [5.41, 5.74) is 0.165. The highest BCUT2D eigenvalue weighted by molar-refractivity contribution is 5.92. The van der Waals surface area contributed by atoms with Gasteiger partial charge in [-0.1, -0.05) is 0 Å². The van der Waals surface area contributed by atoms with Crippen LogP contribution in [0.15, 0.2) is 35.2 Å². The van der Waals surface area contributed by atoms with Gasteiger partial charge in [0.1, 0.15) is 18.3 Å². The van der Waals surface area contributed by atoms with E-state index in [0.29, 0.717) is 29.6 Å². The zero-order valence-electron chi connectivity index (χ0n) is 15.4. The summed E-state index contributed by atoms with van der Waals surface area (Å²) in [6.45, 7) is 4.80. The third-order valence-corrected chi connectivity index (χ3v) is 4.21. The summed E-state index contributed by atoms with van der Waals surface area (Å²) < 4.78 is 23.4. The molecule has 0 aliphatic carbocycles. The van der Waals surface area contributed by atoms with E-state index < -0.39 is 0 Å². The maximum Gasteiger partial charge on any atom is 0.273 e. The van der Waals surface area contributed by atoms with Crippen LogP contribution in [-0.4, -0.2) is 32.4 Å². The normalized spacial score (nSPS) is 13.4. The maximum absolute atomic E-state index is 12.4. The lowest BCUT2D eigenvalue weighted by Crippen LogP contribution is -2.29. The van der Waals surface area contributed by atoms with Gasteiger partial charge in [0.15, 0.2) is 29.6 Å². The van der Waals surface area contributed by atoms with Crippen molar-refractivity contribution in [3.63, 3.8) is 0 Å². The van der Waals surface area contributed by atoms with Gasteiger partial charge in [0, 0.05) is 12.6 Å². The van der Waals surface area contributed by atoms with Gasteiger partial charge in [-0.2, -0.15) is 0 Å². The van der Waals surface area contributed by atoms with Crippen LogP contribution in [-0.2, 0) is 13.2 Å². The number of oxazole rings is 1. The van der Waals surface area contributed by atoms with Crippen molar-refractivity contribution < 1.29 is 23.4 Å². The van der Waals surface area contributed by atoms with E-state index in [1.807, 2.05) is 18.4 Å². The van der Waals surface area contributed by atoms with Gasteiger partial charge in [0.25, 0.3) is 5.91 Å². The van der Waals surface area contributed by atoms with Crippen molar-refractivity contribution in [2.24, 2.45) is 0 Å². The second-order valence-electron chi connectivity index (χ2n) is 6.10. The summed E-state index contributed by atoms with van der Waals surface area (Å²) in [7, 11) is 0. The second-order valence-corrected chi connectivity index (χ2v) is 6.10. The Balaban J connectivity index is 1.35. The molecular formula is C18H19N5O5. The number of aryl methyl sites for hydroxylation is 1. The van der Waals surface area contributed by atoms with Gasteiger partial charge in [-0.15, -0.1) is 10.2 Å². The highest BCUT2D eigenvalue weighted by atomic mass is 16.7. The summed E-state index contributed by atoms with van der Waals surface area (Å²) >= 11 is 0. The van der Waals surface area contributed by atoms with Crippen LogP contribution < -0.4 is 19.5 Å². The van der Waals surface area contributed by atoms with E-state index in [1.54, 1.807) is 24.5 Å². The Labute approximate surface area is 160 Å². The molecule has 3 aromatic rings. The van der Waals surface area contributed by atoms with Gasteiger partial charge in [-0.25, -0.2) is 4.98 Å². The van der Waals surface area contributed by atoms with Crippen molar-refractivity contribution in [1.29, 1.82) is 0 Å². The van der Waals surface area contributed by atoms with E-state index in [9.17, 15) is 4.79 Å². The van der Waals surface area contributed by atoms with Crippen molar-refractivity contribution in [1.82, 2.24) is 25.1 Å². The summed E-state index contributed by atoms with van der Waals surface area (Å²) in [5.74, 6) is 2.48. The number of hydrogen-bond donors (Lipinski definition) is 1. The topological polar surface area (TPSA) is 114 Å². The average molecular weight is 385 g/mol. The lowest BCUT2D eigenvalue weighted by Gasteiger charge is -2.12. The largest absolute Gasteiger partial charge is 0.484 e. The van der Waals surface area contributed by atoms with Crippen molar-refractivity contribution in [2.45, 2.75) is 33.0 Å². The number of hydrogen-bond acceptors (Lipinski definition) is 8. The molecule has 0 bridgehead atoms. The number of carbonyl (C=O) groups is 1. The fraction of sp³-hybridized carbons (Fsp3) is 0.333. The first-order valence-corrected chi connectivity index (χ1v) is 8.79.